The van der Waals surface area contributed by atoms with Gasteiger partial charge in [0.1, 0.15) is 24.0 Å². The molecular formula is C27H23FN2O5. The first-order valence-corrected chi connectivity index (χ1v) is 11.4. The van der Waals surface area contributed by atoms with Crippen LogP contribution in [0.4, 0.5) is 14.9 Å². The molecule has 1 atom stereocenters. The molecule has 2 aliphatic rings. The summed E-state index contributed by atoms with van der Waals surface area (Å²) in [4.78, 5) is 37.0. The van der Waals surface area contributed by atoms with Gasteiger partial charge in [-0.25, -0.2) is 14.0 Å². The zero-order valence-electron chi connectivity index (χ0n) is 18.7. The molecule has 178 valence electrons. The molecule has 0 spiro atoms. The van der Waals surface area contributed by atoms with Gasteiger partial charge in [0, 0.05) is 5.92 Å². The second-order valence-electron chi connectivity index (χ2n) is 8.74. The molecule has 8 heteroatoms. The van der Waals surface area contributed by atoms with E-state index in [4.69, 9.17) is 4.74 Å². The van der Waals surface area contributed by atoms with Crippen LogP contribution in [0.25, 0.3) is 11.1 Å². The number of halogens is 1. The highest BCUT2D eigenvalue weighted by atomic mass is 19.1. The summed E-state index contributed by atoms with van der Waals surface area (Å²) in [5.74, 6) is -3.29. The number of hydrogen-bond acceptors (Lipinski definition) is 4. The van der Waals surface area contributed by atoms with E-state index in [2.05, 4.69) is 10.6 Å². The summed E-state index contributed by atoms with van der Waals surface area (Å²) in [6.07, 6.45) is 0.726. The maximum absolute atomic E-state index is 14.0. The smallest absolute Gasteiger partial charge is 0.407 e. The summed E-state index contributed by atoms with van der Waals surface area (Å²) < 4.78 is 19.5. The first-order valence-electron chi connectivity index (χ1n) is 11.4. The molecule has 1 unspecified atom stereocenters. The molecule has 3 aromatic rings. The molecule has 3 N–H and O–H groups in total. The molecule has 7 nitrogen and oxygen atoms in total. The molecular weight excluding hydrogens is 451 g/mol. The predicted octanol–water partition coefficient (Wildman–Crippen LogP) is 4.78. The van der Waals surface area contributed by atoms with Crippen LogP contribution in [0.5, 0.6) is 0 Å². The fourth-order valence-corrected chi connectivity index (χ4v) is 4.65. The number of carbonyl (C=O) groups is 3. The number of nitrogens with one attached hydrogen (secondary N) is 2. The van der Waals surface area contributed by atoms with Crippen LogP contribution in [-0.2, 0) is 9.53 Å². The number of fused-ring (bicyclic) bond motifs is 3. The zero-order valence-corrected chi connectivity index (χ0v) is 18.7. The second kappa shape index (κ2) is 9.21. The van der Waals surface area contributed by atoms with E-state index < -0.39 is 35.4 Å². The number of carbonyl (C=O) groups excluding carboxylic acids is 2. The lowest BCUT2D eigenvalue weighted by Crippen LogP contribution is -2.46. The van der Waals surface area contributed by atoms with Gasteiger partial charge in [0.15, 0.2) is 0 Å². The molecule has 1 fully saturated rings. The highest BCUT2D eigenvalue weighted by Crippen LogP contribution is 2.44. The van der Waals surface area contributed by atoms with Gasteiger partial charge < -0.3 is 20.5 Å². The van der Waals surface area contributed by atoms with Crippen molar-refractivity contribution >= 4 is 23.7 Å². The zero-order chi connectivity index (χ0) is 24.5. The summed E-state index contributed by atoms with van der Waals surface area (Å²) in [5, 5.41) is 14.4. The van der Waals surface area contributed by atoms with Gasteiger partial charge in [-0.2, -0.15) is 0 Å². The van der Waals surface area contributed by atoms with Gasteiger partial charge in [0.2, 0.25) is 5.91 Å². The summed E-state index contributed by atoms with van der Waals surface area (Å²) >= 11 is 0. The van der Waals surface area contributed by atoms with Crippen LogP contribution in [0.15, 0.2) is 66.7 Å². The van der Waals surface area contributed by atoms with Crippen LogP contribution in [0.1, 0.15) is 40.2 Å². The maximum Gasteiger partial charge on any atom is 0.407 e. The lowest BCUT2D eigenvalue weighted by atomic mass is 9.98. The SMILES string of the molecule is O=C(NC(C(=O)Nc1cccc(F)c1C(=O)O)C1CC1)OCC1c2ccccc2-c2ccccc21. The van der Waals surface area contributed by atoms with Gasteiger partial charge in [-0.3, -0.25) is 4.79 Å². The normalized spacial score (nSPS) is 15.0. The average molecular weight is 474 g/mol. The van der Waals surface area contributed by atoms with Gasteiger partial charge in [0.25, 0.3) is 0 Å². The van der Waals surface area contributed by atoms with Crippen molar-refractivity contribution in [1.82, 2.24) is 5.32 Å². The molecule has 5 rings (SSSR count). The van der Waals surface area contributed by atoms with Crippen molar-refractivity contribution in [3.05, 3.63) is 89.2 Å². The fraction of sp³-hybridized carbons (Fsp3) is 0.222. The third kappa shape index (κ3) is 4.47. The first-order chi connectivity index (χ1) is 16.9. The van der Waals surface area contributed by atoms with Crippen molar-refractivity contribution in [2.24, 2.45) is 5.92 Å². The Morgan fingerprint density at radius 2 is 1.57 bits per heavy atom. The lowest BCUT2D eigenvalue weighted by molar-refractivity contribution is -0.118. The molecule has 2 aliphatic carbocycles. The molecule has 0 bridgehead atoms. The number of aromatic carboxylic acids is 1. The van der Waals surface area contributed by atoms with E-state index in [0.717, 1.165) is 41.2 Å². The van der Waals surface area contributed by atoms with Gasteiger partial charge in [-0.15, -0.1) is 0 Å². The van der Waals surface area contributed by atoms with E-state index >= 15 is 0 Å². The highest BCUT2D eigenvalue weighted by molar-refractivity contribution is 6.03. The minimum absolute atomic E-state index is 0.0997. The van der Waals surface area contributed by atoms with E-state index in [0.29, 0.717) is 0 Å². The standard InChI is InChI=1S/C27H23FN2O5/c28-21-10-5-11-22(23(21)26(32)33)29-25(31)24(15-12-13-15)30-27(34)35-14-20-18-8-3-1-6-16(18)17-7-2-4-9-19(17)20/h1-11,15,20,24H,12-14H2,(H,29,31)(H,30,34)(H,32,33). The Bertz CT molecular complexity index is 1270. The van der Waals surface area contributed by atoms with Gasteiger partial charge in [-0.05, 0) is 53.1 Å². The van der Waals surface area contributed by atoms with Crippen molar-refractivity contribution in [3.8, 4) is 11.1 Å². The van der Waals surface area contributed by atoms with E-state index in [1.807, 2.05) is 48.5 Å². The van der Waals surface area contributed by atoms with E-state index in [1.54, 1.807) is 0 Å². The minimum Gasteiger partial charge on any atom is -0.478 e. The summed E-state index contributed by atoms with van der Waals surface area (Å²) in [6, 6.07) is 18.6. The Morgan fingerprint density at radius 1 is 0.943 bits per heavy atom. The summed E-state index contributed by atoms with van der Waals surface area (Å²) in [7, 11) is 0. The molecule has 1 saturated carbocycles. The number of amides is 2. The van der Waals surface area contributed by atoms with E-state index in [9.17, 15) is 23.9 Å². The molecule has 0 saturated heterocycles. The Morgan fingerprint density at radius 3 is 2.17 bits per heavy atom. The number of rotatable bonds is 7. The molecule has 35 heavy (non-hydrogen) atoms. The number of alkyl carbamates (subject to hydrolysis) is 1. The van der Waals surface area contributed by atoms with Gasteiger partial charge in [0.05, 0.1) is 5.69 Å². The Balaban J connectivity index is 1.27. The number of anilines is 1. The molecule has 3 aromatic carbocycles. The molecule has 0 aliphatic heterocycles. The monoisotopic (exact) mass is 474 g/mol. The minimum atomic E-state index is -1.49. The van der Waals surface area contributed by atoms with Gasteiger partial charge in [-0.1, -0.05) is 54.6 Å². The Labute approximate surface area is 200 Å². The Hall–Kier alpha value is -4.20. The summed E-state index contributed by atoms with van der Waals surface area (Å²) in [6.45, 7) is 0.103. The third-order valence-electron chi connectivity index (χ3n) is 6.48. The van der Waals surface area contributed by atoms with Gasteiger partial charge >= 0.3 is 12.1 Å². The number of carboxylic acid groups (broad SMARTS) is 1. The van der Waals surface area contributed by atoms with Crippen molar-refractivity contribution in [2.75, 3.05) is 11.9 Å². The topological polar surface area (TPSA) is 105 Å². The van der Waals surface area contributed by atoms with Crippen molar-refractivity contribution in [3.63, 3.8) is 0 Å². The number of ether oxygens (including phenoxy) is 1. The van der Waals surface area contributed by atoms with E-state index in [1.165, 1.54) is 12.1 Å². The Kier molecular flexibility index (Phi) is 5.94. The summed E-state index contributed by atoms with van der Waals surface area (Å²) in [5.41, 5.74) is 3.57. The number of benzene rings is 3. The average Bonchev–Trinajstić information content (AvgIpc) is 3.63. The van der Waals surface area contributed by atoms with Crippen molar-refractivity contribution in [2.45, 2.75) is 24.8 Å². The molecule has 0 radical (unpaired) electrons. The number of carboxylic acids is 1. The maximum atomic E-state index is 14.0. The van der Waals surface area contributed by atoms with E-state index in [-0.39, 0.29) is 24.1 Å². The molecule has 0 aromatic heterocycles. The number of hydrogen-bond donors (Lipinski definition) is 3. The van der Waals surface area contributed by atoms with Crippen molar-refractivity contribution < 1.29 is 28.6 Å². The van der Waals surface area contributed by atoms with Crippen LogP contribution in [0.3, 0.4) is 0 Å². The highest BCUT2D eigenvalue weighted by Gasteiger charge is 2.38. The van der Waals surface area contributed by atoms with Crippen molar-refractivity contribution in [1.29, 1.82) is 0 Å². The molecule has 2 amide bonds. The fourth-order valence-electron chi connectivity index (χ4n) is 4.65. The molecule has 0 heterocycles. The van der Waals surface area contributed by atoms with Crippen LogP contribution < -0.4 is 10.6 Å². The lowest BCUT2D eigenvalue weighted by Gasteiger charge is -2.20. The van der Waals surface area contributed by atoms with Crippen LogP contribution in [0, 0.1) is 11.7 Å². The van der Waals surface area contributed by atoms with Crippen LogP contribution in [0.2, 0.25) is 0 Å². The van der Waals surface area contributed by atoms with Crippen LogP contribution >= 0.6 is 0 Å². The second-order valence-corrected chi connectivity index (χ2v) is 8.74. The largest absolute Gasteiger partial charge is 0.478 e. The predicted molar refractivity (Wildman–Crippen MR) is 127 cm³/mol. The third-order valence-corrected chi connectivity index (χ3v) is 6.48. The first kappa shape index (κ1) is 22.6. The quantitative estimate of drug-likeness (QED) is 0.457. The van der Waals surface area contributed by atoms with Crippen LogP contribution in [-0.4, -0.2) is 35.7 Å².